The third kappa shape index (κ3) is 4.76. The van der Waals surface area contributed by atoms with E-state index in [0.29, 0.717) is 57.8 Å². The minimum absolute atomic E-state index is 0.0227. The molecule has 1 aromatic heterocycles. The fourth-order valence-electron chi connectivity index (χ4n) is 4.78. The molecule has 0 aliphatic carbocycles. The summed E-state index contributed by atoms with van der Waals surface area (Å²) in [5.74, 6) is 0.641. The van der Waals surface area contributed by atoms with Gasteiger partial charge in [-0.25, -0.2) is 0 Å². The molecule has 2 aliphatic heterocycles. The maximum atomic E-state index is 13.2. The Hall–Kier alpha value is -2.42. The summed E-state index contributed by atoms with van der Waals surface area (Å²) in [6.45, 7) is 8.22. The molecule has 9 heteroatoms. The smallest absolute Gasteiger partial charge is 0.242 e. The van der Waals surface area contributed by atoms with E-state index >= 15 is 0 Å². The van der Waals surface area contributed by atoms with Gasteiger partial charge in [0.2, 0.25) is 17.7 Å². The van der Waals surface area contributed by atoms with E-state index in [-0.39, 0.29) is 24.1 Å². The Balaban J connectivity index is 1.60. The molecule has 1 unspecified atom stereocenters. The second-order valence-corrected chi connectivity index (χ2v) is 8.59. The van der Waals surface area contributed by atoms with E-state index in [2.05, 4.69) is 10.5 Å². The molecule has 0 aromatic carbocycles. The van der Waals surface area contributed by atoms with Gasteiger partial charge in [-0.3, -0.25) is 14.4 Å². The zero-order valence-corrected chi connectivity index (χ0v) is 19.0. The molecule has 2 fully saturated rings. The zero-order chi connectivity index (χ0) is 22.6. The molecular formula is C22H34N4O5. The quantitative estimate of drug-likeness (QED) is 0.617. The van der Waals surface area contributed by atoms with Crippen LogP contribution in [-0.4, -0.2) is 78.6 Å². The summed E-state index contributed by atoms with van der Waals surface area (Å²) in [4.78, 5) is 42.3. The Morgan fingerprint density at radius 2 is 2.00 bits per heavy atom. The van der Waals surface area contributed by atoms with Crippen LogP contribution in [0.2, 0.25) is 0 Å². The van der Waals surface area contributed by atoms with Crippen molar-refractivity contribution in [3.05, 3.63) is 17.0 Å². The SMILES string of the molecule is CCN1C(=O)C2(CCN(C(=O)Cc3c(C)noc3C)CC2)CC1C(=O)NCCCOC. The maximum absolute atomic E-state index is 13.2. The van der Waals surface area contributed by atoms with Gasteiger partial charge in [-0.05, 0) is 46.5 Å². The highest BCUT2D eigenvalue weighted by atomic mass is 16.5. The lowest BCUT2D eigenvalue weighted by Crippen LogP contribution is -2.47. The Morgan fingerprint density at radius 3 is 2.58 bits per heavy atom. The minimum atomic E-state index is -0.551. The third-order valence-corrected chi connectivity index (χ3v) is 6.73. The number of amides is 3. The first-order chi connectivity index (χ1) is 14.8. The molecule has 3 heterocycles. The van der Waals surface area contributed by atoms with Gasteiger partial charge >= 0.3 is 0 Å². The monoisotopic (exact) mass is 434 g/mol. The molecule has 2 aliphatic rings. The van der Waals surface area contributed by atoms with E-state index in [0.717, 1.165) is 17.7 Å². The molecule has 172 valence electrons. The summed E-state index contributed by atoms with van der Waals surface area (Å²) in [7, 11) is 1.63. The van der Waals surface area contributed by atoms with Crippen molar-refractivity contribution in [2.24, 2.45) is 5.41 Å². The Labute approximate surface area is 183 Å². The number of nitrogens with one attached hydrogen (secondary N) is 1. The number of likely N-dealkylation sites (N-methyl/N-ethyl adjacent to an activating group) is 1. The van der Waals surface area contributed by atoms with Gasteiger partial charge in [-0.15, -0.1) is 0 Å². The average Bonchev–Trinajstić information content (AvgIpc) is 3.22. The Kier molecular flexibility index (Phi) is 7.35. The van der Waals surface area contributed by atoms with Crippen LogP contribution in [0.25, 0.3) is 0 Å². The molecule has 0 saturated carbocycles. The van der Waals surface area contributed by atoms with Crippen LogP contribution < -0.4 is 5.32 Å². The number of piperidine rings is 1. The Bertz CT molecular complexity index is 793. The van der Waals surface area contributed by atoms with Gasteiger partial charge in [0.15, 0.2) is 0 Å². The van der Waals surface area contributed by atoms with Crippen molar-refractivity contribution in [2.75, 3.05) is 39.9 Å². The topological polar surface area (TPSA) is 105 Å². The van der Waals surface area contributed by atoms with Crippen LogP contribution >= 0.6 is 0 Å². The van der Waals surface area contributed by atoms with Gasteiger partial charge in [0.05, 0.1) is 17.5 Å². The highest BCUT2D eigenvalue weighted by Crippen LogP contribution is 2.44. The van der Waals surface area contributed by atoms with Crippen LogP contribution in [-0.2, 0) is 25.5 Å². The van der Waals surface area contributed by atoms with Gasteiger partial charge in [0.25, 0.3) is 0 Å². The normalized spacial score (nSPS) is 20.5. The molecule has 1 aromatic rings. The fourth-order valence-corrected chi connectivity index (χ4v) is 4.78. The molecule has 1 spiro atoms. The van der Waals surface area contributed by atoms with E-state index < -0.39 is 11.5 Å². The molecule has 0 bridgehead atoms. The predicted molar refractivity (Wildman–Crippen MR) is 113 cm³/mol. The molecule has 1 N–H and O–H groups in total. The van der Waals surface area contributed by atoms with Crippen LogP contribution in [0.15, 0.2) is 4.52 Å². The van der Waals surface area contributed by atoms with Crippen LogP contribution in [0.3, 0.4) is 0 Å². The number of nitrogens with zero attached hydrogens (tertiary/aromatic N) is 3. The van der Waals surface area contributed by atoms with Crippen LogP contribution in [0.1, 0.15) is 49.6 Å². The number of carbonyl (C=O) groups is 3. The minimum Gasteiger partial charge on any atom is -0.385 e. The van der Waals surface area contributed by atoms with Crippen molar-refractivity contribution in [3.63, 3.8) is 0 Å². The van der Waals surface area contributed by atoms with E-state index in [4.69, 9.17) is 9.26 Å². The maximum Gasteiger partial charge on any atom is 0.242 e. The molecule has 3 rings (SSSR count). The molecule has 9 nitrogen and oxygen atoms in total. The highest BCUT2D eigenvalue weighted by Gasteiger charge is 2.54. The molecule has 31 heavy (non-hydrogen) atoms. The van der Waals surface area contributed by atoms with Gasteiger partial charge in [-0.1, -0.05) is 5.16 Å². The Morgan fingerprint density at radius 1 is 1.29 bits per heavy atom. The number of hydrogen-bond donors (Lipinski definition) is 1. The second-order valence-electron chi connectivity index (χ2n) is 8.59. The van der Waals surface area contributed by atoms with Gasteiger partial charge in [-0.2, -0.15) is 0 Å². The van der Waals surface area contributed by atoms with Crippen LogP contribution in [0, 0.1) is 19.3 Å². The molecule has 3 amide bonds. The lowest BCUT2D eigenvalue weighted by molar-refractivity contribution is -0.143. The molecular weight excluding hydrogens is 400 g/mol. The molecule has 1 atom stereocenters. The number of aryl methyl sites for hydroxylation is 2. The largest absolute Gasteiger partial charge is 0.385 e. The van der Waals surface area contributed by atoms with E-state index in [1.54, 1.807) is 12.0 Å². The molecule has 0 radical (unpaired) electrons. The fraction of sp³-hybridized carbons (Fsp3) is 0.727. The van der Waals surface area contributed by atoms with Crippen molar-refractivity contribution < 1.29 is 23.6 Å². The lowest BCUT2D eigenvalue weighted by Gasteiger charge is -2.38. The van der Waals surface area contributed by atoms with E-state index in [9.17, 15) is 14.4 Å². The van der Waals surface area contributed by atoms with Crippen molar-refractivity contribution >= 4 is 17.7 Å². The first-order valence-electron chi connectivity index (χ1n) is 11.1. The number of rotatable bonds is 8. The zero-order valence-electron chi connectivity index (χ0n) is 19.0. The number of carbonyl (C=O) groups excluding carboxylic acids is 3. The van der Waals surface area contributed by atoms with Gasteiger partial charge < -0.3 is 24.4 Å². The summed E-state index contributed by atoms with van der Waals surface area (Å²) in [6.07, 6.45) is 2.69. The van der Waals surface area contributed by atoms with Gasteiger partial charge in [0.1, 0.15) is 11.8 Å². The first kappa shape index (κ1) is 23.2. The van der Waals surface area contributed by atoms with Crippen molar-refractivity contribution in [1.29, 1.82) is 0 Å². The van der Waals surface area contributed by atoms with E-state index in [1.807, 2.05) is 25.7 Å². The second kappa shape index (κ2) is 9.80. The third-order valence-electron chi connectivity index (χ3n) is 6.73. The lowest BCUT2D eigenvalue weighted by atomic mass is 9.75. The summed E-state index contributed by atoms with van der Waals surface area (Å²) in [5.41, 5.74) is 1.03. The van der Waals surface area contributed by atoms with Crippen molar-refractivity contribution in [3.8, 4) is 0 Å². The van der Waals surface area contributed by atoms with Crippen LogP contribution in [0.4, 0.5) is 0 Å². The first-order valence-corrected chi connectivity index (χ1v) is 11.1. The van der Waals surface area contributed by atoms with E-state index in [1.165, 1.54) is 0 Å². The number of methoxy groups -OCH3 is 1. The summed E-state index contributed by atoms with van der Waals surface area (Å²) >= 11 is 0. The number of aromatic nitrogens is 1. The summed E-state index contributed by atoms with van der Waals surface area (Å²) in [5, 5.41) is 6.85. The highest BCUT2D eigenvalue weighted by molar-refractivity contribution is 5.94. The van der Waals surface area contributed by atoms with Crippen LogP contribution in [0.5, 0.6) is 0 Å². The summed E-state index contributed by atoms with van der Waals surface area (Å²) < 4.78 is 10.2. The number of hydrogen-bond acceptors (Lipinski definition) is 6. The average molecular weight is 435 g/mol. The number of ether oxygens (including phenoxy) is 1. The van der Waals surface area contributed by atoms with Gasteiger partial charge in [0, 0.05) is 45.5 Å². The van der Waals surface area contributed by atoms with Crippen molar-refractivity contribution in [2.45, 2.75) is 58.9 Å². The number of likely N-dealkylation sites (tertiary alicyclic amines) is 2. The molecule has 2 saturated heterocycles. The predicted octanol–water partition coefficient (Wildman–Crippen LogP) is 1.22. The van der Waals surface area contributed by atoms with Crippen molar-refractivity contribution in [1.82, 2.24) is 20.3 Å². The summed E-state index contributed by atoms with van der Waals surface area (Å²) in [6, 6.07) is -0.440. The standard InChI is InChI=1S/C22H34N4O5/c1-5-26-18(20(28)23-9-6-12-30-4)14-22(21(26)29)7-10-25(11-8-22)19(27)13-17-15(2)24-31-16(17)3/h18H,5-14H2,1-4H3,(H,23,28).